The molecule has 0 radical (unpaired) electrons. The third-order valence-corrected chi connectivity index (χ3v) is 1.61. The van der Waals surface area contributed by atoms with E-state index in [2.05, 4.69) is 0 Å². The van der Waals surface area contributed by atoms with Gasteiger partial charge in [-0.1, -0.05) is 12.1 Å². The van der Waals surface area contributed by atoms with Crippen molar-refractivity contribution in [1.29, 1.82) is 0 Å². The molecule has 5 heteroatoms. The molecule has 0 saturated carbocycles. The first-order chi connectivity index (χ1) is 6.15. The molecule has 0 aliphatic heterocycles. The Labute approximate surface area is 73.8 Å². The van der Waals surface area contributed by atoms with Crippen molar-refractivity contribution in [2.24, 2.45) is 0 Å². The SMILES string of the molecule is O=[N+]([O-])c1cccc(C(O)CF)c1. The summed E-state index contributed by atoms with van der Waals surface area (Å²) in [6, 6.07) is 5.29. The number of nitro groups is 1. The molecule has 0 aliphatic rings. The maximum absolute atomic E-state index is 12.0. The lowest BCUT2D eigenvalue weighted by Crippen LogP contribution is -1.99. The molecule has 1 atom stereocenters. The average Bonchev–Trinajstić information content (AvgIpc) is 2.17. The van der Waals surface area contributed by atoms with Crippen molar-refractivity contribution in [2.45, 2.75) is 6.10 Å². The van der Waals surface area contributed by atoms with Gasteiger partial charge in [0.1, 0.15) is 12.8 Å². The summed E-state index contributed by atoms with van der Waals surface area (Å²) in [6.45, 7) is -0.943. The number of benzene rings is 1. The molecule has 0 spiro atoms. The zero-order chi connectivity index (χ0) is 9.84. The van der Waals surface area contributed by atoms with Crippen molar-refractivity contribution in [3.8, 4) is 0 Å². The first-order valence-electron chi connectivity index (χ1n) is 3.63. The van der Waals surface area contributed by atoms with E-state index in [1.807, 2.05) is 0 Å². The van der Waals surface area contributed by atoms with Crippen LogP contribution in [0.1, 0.15) is 11.7 Å². The molecule has 1 rings (SSSR count). The van der Waals surface area contributed by atoms with Crippen molar-refractivity contribution in [3.05, 3.63) is 39.9 Å². The van der Waals surface area contributed by atoms with Crippen LogP contribution in [0.3, 0.4) is 0 Å². The number of aliphatic hydroxyl groups excluding tert-OH is 1. The molecule has 70 valence electrons. The molecule has 1 aromatic carbocycles. The number of hydrogen-bond acceptors (Lipinski definition) is 3. The molecule has 4 nitrogen and oxygen atoms in total. The summed E-state index contributed by atoms with van der Waals surface area (Å²) >= 11 is 0. The maximum Gasteiger partial charge on any atom is 0.269 e. The van der Waals surface area contributed by atoms with Crippen molar-refractivity contribution >= 4 is 5.69 Å². The summed E-state index contributed by atoms with van der Waals surface area (Å²) in [5, 5.41) is 19.3. The van der Waals surface area contributed by atoms with E-state index in [0.29, 0.717) is 0 Å². The van der Waals surface area contributed by atoms with Gasteiger partial charge in [-0.05, 0) is 5.56 Å². The second kappa shape index (κ2) is 3.95. The fourth-order valence-corrected chi connectivity index (χ4v) is 0.935. The largest absolute Gasteiger partial charge is 0.386 e. The van der Waals surface area contributed by atoms with E-state index in [-0.39, 0.29) is 11.3 Å². The minimum Gasteiger partial charge on any atom is -0.386 e. The van der Waals surface area contributed by atoms with Gasteiger partial charge in [0.05, 0.1) is 4.92 Å². The van der Waals surface area contributed by atoms with E-state index in [0.717, 1.165) is 6.07 Å². The summed E-state index contributed by atoms with van der Waals surface area (Å²) in [4.78, 5) is 9.71. The number of hydrogen-bond donors (Lipinski definition) is 1. The first-order valence-corrected chi connectivity index (χ1v) is 3.63. The highest BCUT2D eigenvalue weighted by Crippen LogP contribution is 2.19. The minimum atomic E-state index is -1.28. The topological polar surface area (TPSA) is 63.4 Å². The summed E-state index contributed by atoms with van der Waals surface area (Å²) in [5.41, 5.74) is 0.0710. The van der Waals surface area contributed by atoms with Crippen LogP contribution >= 0.6 is 0 Å². The number of nitrogens with zero attached hydrogens (tertiary/aromatic N) is 1. The third-order valence-electron chi connectivity index (χ3n) is 1.61. The van der Waals surface area contributed by atoms with Crippen LogP contribution in [0.5, 0.6) is 0 Å². The van der Waals surface area contributed by atoms with Gasteiger partial charge in [-0.15, -0.1) is 0 Å². The van der Waals surface area contributed by atoms with Crippen molar-refractivity contribution in [2.75, 3.05) is 6.67 Å². The molecule has 0 amide bonds. The molecule has 0 aliphatic carbocycles. The average molecular weight is 185 g/mol. The smallest absolute Gasteiger partial charge is 0.269 e. The Morgan fingerprint density at radius 1 is 1.62 bits per heavy atom. The summed E-state index contributed by atoms with van der Waals surface area (Å²) in [6.07, 6.45) is -1.28. The number of aliphatic hydroxyl groups is 1. The number of halogens is 1. The molecule has 0 bridgehead atoms. The highest BCUT2D eigenvalue weighted by Gasteiger charge is 2.11. The monoisotopic (exact) mass is 185 g/mol. The number of nitro benzene ring substituents is 1. The van der Waals surface area contributed by atoms with Crippen LogP contribution in [0.4, 0.5) is 10.1 Å². The second-order valence-corrected chi connectivity index (χ2v) is 2.52. The zero-order valence-electron chi connectivity index (χ0n) is 6.68. The van der Waals surface area contributed by atoms with Gasteiger partial charge in [0.15, 0.2) is 0 Å². The van der Waals surface area contributed by atoms with Gasteiger partial charge in [0.2, 0.25) is 0 Å². The van der Waals surface area contributed by atoms with Crippen molar-refractivity contribution in [3.63, 3.8) is 0 Å². The van der Waals surface area contributed by atoms with Crippen LogP contribution in [-0.2, 0) is 0 Å². The van der Waals surface area contributed by atoms with Crippen LogP contribution < -0.4 is 0 Å². The van der Waals surface area contributed by atoms with Crippen LogP contribution in [0.15, 0.2) is 24.3 Å². The van der Waals surface area contributed by atoms with E-state index in [9.17, 15) is 14.5 Å². The molecule has 1 unspecified atom stereocenters. The highest BCUT2D eigenvalue weighted by molar-refractivity contribution is 5.35. The van der Waals surface area contributed by atoms with E-state index in [1.165, 1.54) is 18.2 Å². The lowest BCUT2D eigenvalue weighted by atomic mass is 10.1. The summed E-state index contributed by atoms with van der Waals surface area (Å²) < 4.78 is 12.0. The zero-order valence-corrected chi connectivity index (χ0v) is 6.68. The Kier molecular flexibility index (Phi) is 2.92. The fraction of sp³-hybridized carbons (Fsp3) is 0.250. The van der Waals surface area contributed by atoms with Gasteiger partial charge >= 0.3 is 0 Å². The maximum atomic E-state index is 12.0. The van der Waals surface area contributed by atoms with Gasteiger partial charge in [-0.2, -0.15) is 0 Å². The standard InChI is InChI=1S/C8H8FNO3/c9-5-8(11)6-2-1-3-7(4-6)10(12)13/h1-4,8,11H,5H2. The number of non-ortho nitro benzene ring substituents is 1. The number of rotatable bonds is 3. The number of alkyl halides is 1. The Balaban J connectivity index is 2.98. The van der Waals surface area contributed by atoms with Crippen molar-refractivity contribution in [1.82, 2.24) is 0 Å². The van der Waals surface area contributed by atoms with Crippen LogP contribution in [0, 0.1) is 10.1 Å². The highest BCUT2D eigenvalue weighted by atomic mass is 19.1. The van der Waals surface area contributed by atoms with Gasteiger partial charge < -0.3 is 5.11 Å². The molecule has 0 aromatic heterocycles. The molecular weight excluding hydrogens is 177 g/mol. The van der Waals surface area contributed by atoms with E-state index in [1.54, 1.807) is 0 Å². The molecule has 0 saturated heterocycles. The summed E-state index contributed by atoms with van der Waals surface area (Å²) in [5.74, 6) is 0. The Bertz CT molecular complexity index is 316. The van der Waals surface area contributed by atoms with E-state index in [4.69, 9.17) is 5.11 Å². The van der Waals surface area contributed by atoms with E-state index >= 15 is 0 Å². The Hall–Kier alpha value is -1.49. The predicted octanol–water partition coefficient (Wildman–Crippen LogP) is 1.60. The Morgan fingerprint density at radius 2 is 2.31 bits per heavy atom. The van der Waals surface area contributed by atoms with Crippen LogP contribution in [0.25, 0.3) is 0 Å². The molecule has 0 fully saturated rings. The van der Waals surface area contributed by atoms with Crippen LogP contribution in [-0.4, -0.2) is 16.7 Å². The lowest BCUT2D eigenvalue weighted by molar-refractivity contribution is -0.385. The molecule has 1 aromatic rings. The first kappa shape index (κ1) is 9.60. The lowest BCUT2D eigenvalue weighted by Gasteiger charge is -2.04. The van der Waals surface area contributed by atoms with Crippen LogP contribution in [0.2, 0.25) is 0 Å². The quantitative estimate of drug-likeness (QED) is 0.574. The van der Waals surface area contributed by atoms with Gasteiger partial charge in [0, 0.05) is 12.1 Å². The Morgan fingerprint density at radius 3 is 2.85 bits per heavy atom. The molecule has 0 heterocycles. The molecule has 1 N–H and O–H groups in total. The third kappa shape index (κ3) is 2.22. The predicted molar refractivity (Wildman–Crippen MR) is 44.0 cm³/mol. The van der Waals surface area contributed by atoms with Gasteiger partial charge in [-0.3, -0.25) is 10.1 Å². The van der Waals surface area contributed by atoms with Gasteiger partial charge in [0.25, 0.3) is 5.69 Å². The fourth-order valence-electron chi connectivity index (χ4n) is 0.935. The molecule has 13 heavy (non-hydrogen) atoms. The van der Waals surface area contributed by atoms with Gasteiger partial charge in [-0.25, -0.2) is 4.39 Å². The molecular formula is C8H8FNO3. The van der Waals surface area contributed by atoms with E-state index < -0.39 is 17.7 Å². The van der Waals surface area contributed by atoms with Crippen molar-refractivity contribution < 1.29 is 14.4 Å². The second-order valence-electron chi connectivity index (χ2n) is 2.52. The summed E-state index contributed by atoms with van der Waals surface area (Å²) in [7, 11) is 0. The normalized spacial score (nSPS) is 12.5. The minimum absolute atomic E-state index is 0.148.